The standard InChI is InChI=1S/C32H45N5O5/c1-7-20-36(28(39)27(24-16-12-10-13-17-24)25-18-14-11-15-19-25)33-31(41)37-29(40)32(8-2,9-3)30(37)42-23-26(38)35(6)22-21-34(4)5/h10-19,27,30H,7-9,20-23H2,1-6H3,(H,33,41). The summed E-state index contributed by atoms with van der Waals surface area (Å²) in [6.45, 7) is 6.84. The molecule has 1 aliphatic heterocycles. The Morgan fingerprint density at radius 1 is 0.881 bits per heavy atom. The molecular formula is C32H45N5O5. The van der Waals surface area contributed by atoms with E-state index in [4.69, 9.17) is 4.74 Å². The number of rotatable bonds is 13. The van der Waals surface area contributed by atoms with Crippen molar-refractivity contribution in [2.75, 3.05) is 47.4 Å². The number of likely N-dealkylation sites (tertiary alicyclic amines) is 1. The molecule has 0 saturated carbocycles. The van der Waals surface area contributed by atoms with Crippen LogP contribution in [-0.2, 0) is 19.1 Å². The number of carbonyl (C=O) groups excluding carboxylic acids is 4. The number of amides is 5. The first-order valence-electron chi connectivity index (χ1n) is 14.7. The summed E-state index contributed by atoms with van der Waals surface area (Å²) in [6, 6.07) is 18.0. The Morgan fingerprint density at radius 2 is 1.43 bits per heavy atom. The van der Waals surface area contributed by atoms with Gasteiger partial charge in [-0.1, -0.05) is 81.4 Å². The van der Waals surface area contributed by atoms with E-state index in [1.807, 2.05) is 100 Å². The average Bonchev–Trinajstić information content (AvgIpc) is 2.99. The molecule has 2 aromatic carbocycles. The Hall–Kier alpha value is -3.76. The van der Waals surface area contributed by atoms with E-state index < -0.39 is 23.6 Å². The average molecular weight is 580 g/mol. The molecule has 228 valence electrons. The predicted octanol–water partition coefficient (Wildman–Crippen LogP) is 3.69. The van der Waals surface area contributed by atoms with Crippen LogP contribution in [0.5, 0.6) is 0 Å². The van der Waals surface area contributed by atoms with Gasteiger partial charge in [-0.15, -0.1) is 0 Å². The molecule has 1 fully saturated rings. The predicted molar refractivity (Wildman–Crippen MR) is 161 cm³/mol. The van der Waals surface area contributed by atoms with Crippen molar-refractivity contribution in [3.63, 3.8) is 0 Å². The summed E-state index contributed by atoms with van der Waals surface area (Å²) in [7, 11) is 5.55. The summed E-state index contributed by atoms with van der Waals surface area (Å²) in [5, 5.41) is 1.29. The number of hydrogen-bond donors (Lipinski definition) is 1. The summed E-state index contributed by atoms with van der Waals surface area (Å²) in [4.78, 5) is 58.4. The lowest BCUT2D eigenvalue weighted by molar-refractivity contribution is -0.212. The number of nitrogens with one attached hydrogen (secondary N) is 1. The minimum absolute atomic E-state index is 0.242. The summed E-state index contributed by atoms with van der Waals surface area (Å²) in [6.07, 6.45) is 0.549. The SMILES string of the molecule is CCCN(NC(=O)N1C(=O)C(CC)(CC)C1OCC(=O)N(C)CCN(C)C)C(=O)C(c1ccccc1)c1ccccc1. The van der Waals surface area contributed by atoms with Crippen LogP contribution in [0.3, 0.4) is 0 Å². The first-order valence-corrected chi connectivity index (χ1v) is 14.7. The number of nitrogens with zero attached hydrogens (tertiary/aromatic N) is 4. The molecule has 1 atom stereocenters. The lowest BCUT2D eigenvalue weighted by Crippen LogP contribution is -2.73. The van der Waals surface area contributed by atoms with Gasteiger partial charge >= 0.3 is 6.03 Å². The van der Waals surface area contributed by atoms with Gasteiger partial charge in [0.25, 0.3) is 5.91 Å². The molecule has 1 unspecified atom stereocenters. The number of hydrazine groups is 1. The maximum absolute atomic E-state index is 14.0. The Morgan fingerprint density at radius 3 is 1.90 bits per heavy atom. The van der Waals surface area contributed by atoms with Crippen molar-refractivity contribution in [1.82, 2.24) is 25.1 Å². The molecule has 5 amide bonds. The summed E-state index contributed by atoms with van der Waals surface area (Å²) in [5.74, 6) is -1.59. The van der Waals surface area contributed by atoms with Crippen molar-refractivity contribution in [2.24, 2.45) is 5.41 Å². The molecule has 2 aromatic rings. The number of benzene rings is 2. The molecule has 0 spiro atoms. The number of hydrogen-bond acceptors (Lipinski definition) is 6. The van der Waals surface area contributed by atoms with E-state index in [9.17, 15) is 19.2 Å². The minimum Gasteiger partial charge on any atom is -0.347 e. The van der Waals surface area contributed by atoms with E-state index in [1.54, 1.807) is 11.9 Å². The van der Waals surface area contributed by atoms with E-state index in [2.05, 4.69) is 5.43 Å². The van der Waals surface area contributed by atoms with Crippen LogP contribution in [0.1, 0.15) is 57.1 Å². The second-order valence-electron chi connectivity index (χ2n) is 11.0. The van der Waals surface area contributed by atoms with Crippen LogP contribution in [-0.4, -0.2) is 97.1 Å². The van der Waals surface area contributed by atoms with Crippen molar-refractivity contribution < 1.29 is 23.9 Å². The zero-order valence-electron chi connectivity index (χ0n) is 25.7. The van der Waals surface area contributed by atoms with Crippen molar-refractivity contribution >= 4 is 23.8 Å². The van der Waals surface area contributed by atoms with Crippen LogP contribution in [0.25, 0.3) is 0 Å². The van der Waals surface area contributed by atoms with E-state index in [0.29, 0.717) is 32.4 Å². The molecule has 42 heavy (non-hydrogen) atoms. The highest BCUT2D eigenvalue weighted by molar-refractivity contribution is 6.04. The summed E-state index contributed by atoms with van der Waals surface area (Å²) < 4.78 is 5.99. The van der Waals surface area contributed by atoms with Gasteiger partial charge in [0.1, 0.15) is 6.61 Å². The molecule has 1 aliphatic rings. The molecule has 0 aliphatic carbocycles. The first kappa shape index (κ1) is 32.8. The fourth-order valence-corrected chi connectivity index (χ4v) is 5.24. The lowest BCUT2D eigenvalue weighted by atomic mass is 9.72. The summed E-state index contributed by atoms with van der Waals surface area (Å²) >= 11 is 0. The highest BCUT2D eigenvalue weighted by Crippen LogP contribution is 2.45. The first-order chi connectivity index (χ1) is 20.1. The maximum atomic E-state index is 14.0. The molecule has 1 heterocycles. The van der Waals surface area contributed by atoms with E-state index in [-0.39, 0.29) is 30.9 Å². The third kappa shape index (κ3) is 7.17. The maximum Gasteiger partial charge on any atom is 0.345 e. The van der Waals surface area contributed by atoms with Crippen molar-refractivity contribution in [3.05, 3.63) is 71.8 Å². The highest BCUT2D eigenvalue weighted by atomic mass is 16.5. The number of imide groups is 1. The Labute approximate surface area is 249 Å². The quantitative estimate of drug-likeness (QED) is 0.287. The summed E-state index contributed by atoms with van der Waals surface area (Å²) in [5.41, 5.74) is 3.36. The monoisotopic (exact) mass is 579 g/mol. The molecule has 0 aromatic heterocycles. The van der Waals surface area contributed by atoms with E-state index in [0.717, 1.165) is 16.0 Å². The Bertz CT molecular complexity index is 1160. The smallest absolute Gasteiger partial charge is 0.345 e. The molecular weight excluding hydrogens is 534 g/mol. The van der Waals surface area contributed by atoms with Gasteiger partial charge < -0.3 is 14.5 Å². The molecule has 0 radical (unpaired) electrons. The normalized spacial score (nSPS) is 15.9. The van der Waals surface area contributed by atoms with Gasteiger partial charge in [-0.2, -0.15) is 0 Å². The van der Waals surface area contributed by atoms with Crippen molar-refractivity contribution in [1.29, 1.82) is 0 Å². The van der Waals surface area contributed by atoms with Gasteiger partial charge in [0.15, 0.2) is 6.23 Å². The van der Waals surface area contributed by atoms with Crippen LogP contribution < -0.4 is 5.43 Å². The molecule has 0 bridgehead atoms. The molecule has 1 N–H and O–H groups in total. The van der Waals surface area contributed by atoms with Gasteiger partial charge in [-0.25, -0.2) is 15.1 Å². The number of carbonyl (C=O) groups is 4. The lowest BCUT2D eigenvalue weighted by Gasteiger charge is -2.53. The number of likely N-dealkylation sites (N-methyl/N-ethyl adjacent to an activating group) is 2. The Kier molecular flexibility index (Phi) is 11.6. The van der Waals surface area contributed by atoms with Gasteiger partial charge in [0.05, 0.1) is 11.3 Å². The van der Waals surface area contributed by atoms with Crippen LogP contribution >= 0.6 is 0 Å². The van der Waals surface area contributed by atoms with Gasteiger partial charge in [0.2, 0.25) is 11.8 Å². The van der Waals surface area contributed by atoms with Gasteiger partial charge in [-0.05, 0) is 44.5 Å². The molecule has 3 rings (SSSR count). The largest absolute Gasteiger partial charge is 0.347 e. The highest BCUT2D eigenvalue weighted by Gasteiger charge is 2.62. The zero-order chi connectivity index (χ0) is 30.9. The van der Waals surface area contributed by atoms with E-state index in [1.165, 1.54) is 5.01 Å². The van der Waals surface area contributed by atoms with Gasteiger partial charge in [-0.3, -0.25) is 19.4 Å². The van der Waals surface area contributed by atoms with Crippen LogP contribution in [0.2, 0.25) is 0 Å². The second-order valence-corrected chi connectivity index (χ2v) is 11.0. The fraction of sp³-hybridized carbons (Fsp3) is 0.500. The minimum atomic E-state index is -0.927. The van der Waals surface area contributed by atoms with Gasteiger partial charge in [0, 0.05) is 26.7 Å². The third-order valence-electron chi connectivity index (χ3n) is 7.96. The third-order valence-corrected chi connectivity index (χ3v) is 7.96. The number of β-lactam (4-membered cyclic amide) rings is 1. The van der Waals surface area contributed by atoms with Crippen molar-refractivity contribution in [2.45, 2.75) is 52.2 Å². The molecule has 1 saturated heterocycles. The van der Waals surface area contributed by atoms with E-state index >= 15 is 0 Å². The fourth-order valence-electron chi connectivity index (χ4n) is 5.24. The Balaban J connectivity index is 1.82. The topological polar surface area (TPSA) is 102 Å². The number of ether oxygens (including phenoxy) is 1. The number of urea groups is 1. The van der Waals surface area contributed by atoms with Crippen molar-refractivity contribution in [3.8, 4) is 0 Å². The molecule has 10 heteroatoms. The van der Waals surface area contributed by atoms with Crippen LogP contribution in [0.15, 0.2) is 60.7 Å². The van der Waals surface area contributed by atoms with Crippen LogP contribution in [0, 0.1) is 5.41 Å². The molecule has 10 nitrogen and oxygen atoms in total. The van der Waals surface area contributed by atoms with Crippen LogP contribution in [0.4, 0.5) is 4.79 Å². The zero-order valence-corrected chi connectivity index (χ0v) is 25.7. The second kappa shape index (κ2) is 14.9.